The lowest BCUT2D eigenvalue weighted by molar-refractivity contribution is 0.219. The van der Waals surface area contributed by atoms with Crippen LogP contribution < -0.4 is 20.3 Å². The van der Waals surface area contributed by atoms with Crippen molar-refractivity contribution in [2.45, 2.75) is 25.4 Å². The molecule has 2 N–H and O–H groups in total. The summed E-state index contributed by atoms with van der Waals surface area (Å²) >= 11 is 0. The van der Waals surface area contributed by atoms with Crippen LogP contribution in [-0.2, 0) is 6.42 Å². The molecular formula is C19H22N4O2. The number of urea groups is 1. The standard InChI is InChI=1S/C19H22N4O2/c24-19(21-13-15-12-14-6-1-2-8-17(14)25-15)22-16-7-5-9-20-18(16)23-10-3-4-11-23/h1-2,5-9,15H,3-4,10-13H2,(H2,21,22,24)/t15-/m1/s1. The number of benzene rings is 1. The van der Waals surface area contributed by atoms with Crippen molar-refractivity contribution in [3.8, 4) is 5.75 Å². The molecule has 2 aromatic rings. The number of carbonyl (C=O) groups is 1. The van der Waals surface area contributed by atoms with Crippen molar-refractivity contribution in [2.75, 3.05) is 29.9 Å². The monoisotopic (exact) mass is 338 g/mol. The second kappa shape index (κ2) is 7.01. The molecule has 0 unspecified atom stereocenters. The minimum atomic E-state index is -0.229. The molecule has 2 amide bonds. The first-order valence-electron chi connectivity index (χ1n) is 8.79. The van der Waals surface area contributed by atoms with Gasteiger partial charge >= 0.3 is 6.03 Å². The van der Waals surface area contributed by atoms with E-state index in [1.165, 1.54) is 18.4 Å². The molecule has 0 saturated carbocycles. The van der Waals surface area contributed by atoms with Crippen LogP contribution in [0.15, 0.2) is 42.6 Å². The molecule has 2 aliphatic heterocycles. The molecule has 1 saturated heterocycles. The molecule has 0 spiro atoms. The molecule has 1 aromatic carbocycles. The quantitative estimate of drug-likeness (QED) is 0.900. The van der Waals surface area contributed by atoms with Crippen LogP contribution in [0.1, 0.15) is 18.4 Å². The van der Waals surface area contributed by atoms with Gasteiger partial charge in [-0.25, -0.2) is 9.78 Å². The summed E-state index contributed by atoms with van der Waals surface area (Å²) in [5, 5.41) is 5.83. The number of amides is 2. The Kier molecular flexibility index (Phi) is 4.41. The first kappa shape index (κ1) is 15.7. The van der Waals surface area contributed by atoms with Crippen molar-refractivity contribution in [1.29, 1.82) is 0 Å². The van der Waals surface area contributed by atoms with Crippen molar-refractivity contribution < 1.29 is 9.53 Å². The molecule has 3 heterocycles. The van der Waals surface area contributed by atoms with Gasteiger partial charge in [0.15, 0.2) is 5.82 Å². The Morgan fingerprint density at radius 3 is 2.88 bits per heavy atom. The highest BCUT2D eigenvalue weighted by molar-refractivity contribution is 5.92. The summed E-state index contributed by atoms with van der Waals surface area (Å²) in [5.41, 5.74) is 1.94. The molecule has 1 fully saturated rings. The van der Waals surface area contributed by atoms with E-state index in [0.717, 1.165) is 36.8 Å². The average Bonchev–Trinajstić information content (AvgIpc) is 3.30. The van der Waals surface area contributed by atoms with Crippen LogP contribution in [0.2, 0.25) is 0 Å². The number of carbonyl (C=O) groups excluding carboxylic acids is 1. The van der Waals surface area contributed by atoms with E-state index in [4.69, 9.17) is 4.74 Å². The Morgan fingerprint density at radius 1 is 1.20 bits per heavy atom. The van der Waals surface area contributed by atoms with Crippen molar-refractivity contribution in [1.82, 2.24) is 10.3 Å². The summed E-state index contributed by atoms with van der Waals surface area (Å²) in [4.78, 5) is 18.9. The number of para-hydroxylation sites is 1. The van der Waals surface area contributed by atoms with Crippen molar-refractivity contribution in [3.05, 3.63) is 48.2 Å². The topological polar surface area (TPSA) is 66.5 Å². The van der Waals surface area contributed by atoms with Gasteiger partial charge in [0.05, 0.1) is 12.2 Å². The lowest BCUT2D eigenvalue weighted by Crippen LogP contribution is -2.37. The summed E-state index contributed by atoms with van der Waals surface area (Å²) < 4.78 is 5.85. The number of rotatable bonds is 4. The molecule has 4 rings (SSSR count). The highest BCUT2D eigenvalue weighted by atomic mass is 16.5. The van der Waals surface area contributed by atoms with Crippen molar-refractivity contribution in [3.63, 3.8) is 0 Å². The summed E-state index contributed by atoms with van der Waals surface area (Å²) in [7, 11) is 0. The van der Waals surface area contributed by atoms with Gasteiger partial charge in [-0.1, -0.05) is 18.2 Å². The predicted octanol–water partition coefficient (Wildman–Crippen LogP) is 2.81. The van der Waals surface area contributed by atoms with Crippen LogP contribution in [0.25, 0.3) is 0 Å². The summed E-state index contributed by atoms with van der Waals surface area (Å²) in [6.45, 7) is 2.45. The zero-order chi connectivity index (χ0) is 17.1. The fourth-order valence-electron chi connectivity index (χ4n) is 3.42. The predicted molar refractivity (Wildman–Crippen MR) is 97.3 cm³/mol. The number of hydrogen-bond donors (Lipinski definition) is 2. The van der Waals surface area contributed by atoms with Crippen LogP contribution >= 0.6 is 0 Å². The highest BCUT2D eigenvalue weighted by Crippen LogP contribution is 2.28. The Bertz CT molecular complexity index is 734. The van der Waals surface area contributed by atoms with Gasteiger partial charge in [-0.2, -0.15) is 0 Å². The Labute approximate surface area is 147 Å². The SMILES string of the molecule is O=C(NC[C@H]1Cc2ccccc2O1)Nc1cccnc1N1CCCC1. The second-order valence-corrected chi connectivity index (χ2v) is 6.46. The third-order valence-corrected chi connectivity index (χ3v) is 4.64. The third-order valence-electron chi connectivity index (χ3n) is 4.64. The highest BCUT2D eigenvalue weighted by Gasteiger charge is 2.23. The van der Waals surface area contributed by atoms with Gasteiger partial charge in [-0.15, -0.1) is 0 Å². The molecule has 130 valence electrons. The first-order chi connectivity index (χ1) is 12.3. The Morgan fingerprint density at radius 2 is 2.04 bits per heavy atom. The van der Waals surface area contributed by atoms with E-state index in [0.29, 0.717) is 6.54 Å². The first-order valence-corrected chi connectivity index (χ1v) is 8.79. The largest absolute Gasteiger partial charge is 0.488 e. The minimum Gasteiger partial charge on any atom is -0.488 e. The minimum absolute atomic E-state index is 0.0184. The number of anilines is 2. The van der Waals surface area contributed by atoms with Gasteiger partial charge in [-0.05, 0) is 36.6 Å². The van der Waals surface area contributed by atoms with Crippen molar-refractivity contribution >= 4 is 17.5 Å². The Hall–Kier alpha value is -2.76. The van der Waals surface area contributed by atoms with Crippen LogP contribution in [0.5, 0.6) is 5.75 Å². The molecule has 25 heavy (non-hydrogen) atoms. The molecule has 2 aliphatic rings. The normalized spacial score (nSPS) is 18.6. The van der Waals surface area contributed by atoms with Crippen LogP contribution in [0.3, 0.4) is 0 Å². The number of pyridine rings is 1. The van der Waals surface area contributed by atoms with Crippen molar-refractivity contribution in [2.24, 2.45) is 0 Å². The number of fused-ring (bicyclic) bond motifs is 1. The average molecular weight is 338 g/mol. The van der Waals surface area contributed by atoms with E-state index in [-0.39, 0.29) is 12.1 Å². The van der Waals surface area contributed by atoms with E-state index in [9.17, 15) is 4.79 Å². The van der Waals surface area contributed by atoms with Crippen LogP contribution in [0.4, 0.5) is 16.3 Å². The van der Waals surface area contributed by atoms with E-state index >= 15 is 0 Å². The third kappa shape index (κ3) is 3.52. The van der Waals surface area contributed by atoms with Gasteiger partial charge in [0, 0.05) is 25.7 Å². The van der Waals surface area contributed by atoms with E-state index in [1.807, 2.05) is 30.3 Å². The van der Waals surface area contributed by atoms with Gasteiger partial charge in [-0.3, -0.25) is 0 Å². The number of aromatic nitrogens is 1. The second-order valence-electron chi connectivity index (χ2n) is 6.46. The number of nitrogens with one attached hydrogen (secondary N) is 2. The molecule has 0 aliphatic carbocycles. The number of hydrogen-bond acceptors (Lipinski definition) is 4. The van der Waals surface area contributed by atoms with Crippen LogP contribution in [-0.4, -0.2) is 36.8 Å². The zero-order valence-electron chi connectivity index (χ0n) is 14.1. The van der Waals surface area contributed by atoms with E-state index in [2.05, 4.69) is 26.6 Å². The fraction of sp³-hybridized carbons (Fsp3) is 0.368. The maximum absolute atomic E-state index is 12.3. The Balaban J connectivity index is 1.33. The molecular weight excluding hydrogens is 316 g/mol. The maximum atomic E-state index is 12.3. The van der Waals surface area contributed by atoms with Gasteiger partial charge < -0.3 is 20.3 Å². The van der Waals surface area contributed by atoms with Crippen LogP contribution in [0, 0.1) is 0 Å². The molecule has 1 aromatic heterocycles. The smallest absolute Gasteiger partial charge is 0.319 e. The molecule has 6 heteroatoms. The number of ether oxygens (including phenoxy) is 1. The van der Waals surface area contributed by atoms with Gasteiger partial charge in [0.2, 0.25) is 0 Å². The fourth-order valence-corrected chi connectivity index (χ4v) is 3.42. The molecule has 1 atom stereocenters. The van der Waals surface area contributed by atoms with E-state index in [1.54, 1.807) is 6.20 Å². The van der Waals surface area contributed by atoms with Gasteiger partial charge in [0.25, 0.3) is 0 Å². The molecule has 0 bridgehead atoms. The summed E-state index contributed by atoms with van der Waals surface area (Å²) in [6, 6.07) is 11.5. The summed E-state index contributed by atoms with van der Waals surface area (Å²) in [6.07, 6.45) is 4.90. The summed E-state index contributed by atoms with van der Waals surface area (Å²) in [5.74, 6) is 1.76. The molecule has 0 radical (unpaired) electrons. The molecule has 6 nitrogen and oxygen atoms in total. The lowest BCUT2D eigenvalue weighted by atomic mass is 10.1. The van der Waals surface area contributed by atoms with Gasteiger partial charge in [0.1, 0.15) is 11.9 Å². The maximum Gasteiger partial charge on any atom is 0.319 e. The van der Waals surface area contributed by atoms with E-state index < -0.39 is 0 Å². The zero-order valence-corrected chi connectivity index (χ0v) is 14.1. The lowest BCUT2D eigenvalue weighted by Gasteiger charge is -2.20. The number of nitrogens with zero attached hydrogens (tertiary/aromatic N) is 2.